The van der Waals surface area contributed by atoms with Gasteiger partial charge in [0.15, 0.2) is 0 Å². The summed E-state index contributed by atoms with van der Waals surface area (Å²) >= 11 is 0. The summed E-state index contributed by atoms with van der Waals surface area (Å²) in [7, 11) is 0. The zero-order chi connectivity index (χ0) is 13.4. The molecule has 1 amide bonds. The van der Waals surface area contributed by atoms with Crippen LogP contribution in [-0.4, -0.2) is 28.9 Å². The molecule has 0 spiro atoms. The molecular formula is C16H20N2O. The van der Waals surface area contributed by atoms with E-state index in [1.54, 1.807) is 0 Å². The Hall–Kier alpha value is -1.77. The van der Waals surface area contributed by atoms with Crippen molar-refractivity contribution in [3.05, 3.63) is 35.5 Å². The quantitative estimate of drug-likeness (QED) is 0.834. The first-order valence-electron chi connectivity index (χ1n) is 7.03. The Morgan fingerprint density at radius 2 is 2.05 bits per heavy atom. The number of likely N-dealkylation sites (tertiary alicyclic amines) is 1. The highest BCUT2D eigenvalue weighted by molar-refractivity contribution is 5.98. The van der Waals surface area contributed by atoms with Crippen molar-refractivity contribution in [3.8, 4) is 0 Å². The van der Waals surface area contributed by atoms with E-state index in [0.717, 1.165) is 48.4 Å². The van der Waals surface area contributed by atoms with E-state index in [1.807, 2.05) is 23.1 Å². The standard InChI is InChI=1S/C16H20N2O/c1-11-6-8-18(9-7-11)16(19)14-10-13-5-3-4-12(2)15(13)17-14/h3-5,10-11,17H,6-9H2,1-2H3. The van der Waals surface area contributed by atoms with Gasteiger partial charge in [0.2, 0.25) is 0 Å². The molecule has 1 fully saturated rings. The second-order valence-electron chi connectivity index (χ2n) is 5.70. The van der Waals surface area contributed by atoms with Gasteiger partial charge in [-0.15, -0.1) is 0 Å². The largest absolute Gasteiger partial charge is 0.350 e. The number of hydrogen-bond donors (Lipinski definition) is 1. The number of nitrogens with one attached hydrogen (secondary N) is 1. The van der Waals surface area contributed by atoms with E-state index in [4.69, 9.17) is 0 Å². The summed E-state index contributed by atoms with van der Waals surface area (Å²) in [5.41, 5.74) is 2.99. The van der Waals surface area contributed by atoms with Gasteiger partial charge in [-0.2, -0.15) is 0 Å². The van der Waals surface area contributed by atoms with Crippen LogP contribution in [0.1, 0.15) is 35.8 Å². The van der Waals surface area contributed by atoms with Crippen molar-refractivity contribution in [1.29, 1.82) is 0 Å². The van der Waals surface area contributed by atoms with Crippen molar-refractivity contribution < 1.29 is 4.79 Å². The van der Waals surface area contributed by atoms with E-state index < -0.39 is 0 Å². The van der Waals surface area contributed by atoms with Gasteiger partial charge in [-0.1, -0.05) is 25.1 Å². The number of H-pyrrole nitrogens is 1. The summed E-state index contributed by atoms with van der Waals surface area (Å²) < 4.78 is 0. The van der Waals surface area contributed by atoms with Gasteiger partial charge < -0.3 is 9.88 Å². The molecule has 0 saturated carbocycles. The number of carbonyl (C=O) groups excluding carboxylic acids is 1. The van der Waals surface area contributed by atoms with E-state index in [9.17, 15) is 4.79 Å². The van der Waals surface area contributed by atoms with Crippen LogP contribution in [0.4, 0.5) is 0 Å². The fourth-order valence-corrected chi connectivity index (χ4v) is 2.80. The molecule has 3 heteroatoms. The van der Waals surface area contributed by atoms with Gasteiger partial charge in [0, 0.05) is 24.0 Å². The van der Waals surface area contributed by atoms with Crippen molar-refractivity contribution in [2.75, 3.05) is 13.1 Å². The number of para-hydroxylation sites is 1. The normalized spacial score (nSPS) is 17.1. The average Bonchev–Trinajstić information content (AvgIpc) is 2.84. The highest BCUT2D eigenvalue weighted by atomic mass is 16.2. The van der Waals surface area contributed by atoms with Crippen molar-refractivity contribution in [2.24, 2.45) is 5.92 Å². The first kappa shape index (κ1) is 12.3. The Morgan fingerprint density at radius 3 is 2.74 bits per heavy atom. The summed E-state index contributed by atoms with van der Waals surface area (Å²) in [6.45, 7) is 6.09. The van der Waals surface area contributed by atoms with Crippen LogP contribution in [0.15, 0.2) is 24.3 Å². The molecule has 3 nitrogen and oxygen atoms in total. The van der Waals surface area contributed by atoms with Gasteiger partial charge in [-0.25, -0.2) is 0 Å². The molecule has 1 aromatic carbocycles. The molecule has 0 unspecified atom stereocenters. The molecule has 0 aliphatic carbocycles. The van der Waals surface area contributed by atoms with E-state index in [-0.39, 0.29) is 5.91 Å². The van der Waals surface area contributed by atoms with Gasteiger partial charge in [0.1, 0.15) is 5.69 Å². The van der Waals surface area contributed by atoms with Crippen LogP contribution in [0.2, 0.25) is 0 Å². The molecule has 0 bridgehead atoms. The molecule has 1 N–H and O–H groups in total. The molecule has 100 valence electrons. The third kappa shape index (κ3) is 2.25. The number of fused-ring (bicyclic) bond motifs is 1. The van der Waals surface area contributed by atoms with Crippen LogP contribution in [-0.2, 0) is 0 Å². The number of amides is 1. The summed E-state index contributed by atoms with van der Waals surface area (Å²) in [4.78, 5) is 17.7. The van der Waals surface area contributed by atoms with Crippen LogP contribution in [0, 0.1) is 12.8 Å². The second-order valence-corrected chi connectivity index (χ2v) is 5.70. The molecule has 1 aromatic heterocycles. The molecule has 0 atom stereocenters. The predicted molar refractivity (Wildman–Crippen MR) is 77.3 cm³/mol. The van der Waals surface area contributed by atoms with E-state index in [0.29, 0.717) is 0 Å². The Labute approximate surface area is 113 Å². The monoisotopic (exact) mass is 256 g/mol. The first-order chi connectivity index (χ1) is 9.15. The fourth-order valence-electron chi connectivity index (χ4n) is 2.80. The minimum atomic E-state index is 0.141. The lowest BCUT2D eigenvalue weighted by molar-refractivity contribution is 0.0692. The van der Waals surface area contributed by atoms with Crippen LogP contribution in [0.25, 0.3) is 10.9 Å². The highest BCUT2D eigenvalue weighted by Gasteiger charge is 2.22. The van der Waals surface area contributed by atoms with Gasteiger partial charge in [0.05, 0.1) is 0 Å². The zero-order valence-electron chi connectivity index (χ0n) is 11.6. The predicted octanol–water partition coefficient (Wildman–Crippen LogP) is 3.35. The van der Waals surface area contributed by atoms with Crippen LogP contribution < -0.4 is 0 Å². The minimum absolute atomic E-state index is 0.141. The number of piperidine rings is 1. The summed E-state index contributed by atoms with van der Waals surface area (Å²) in [5, 5.41) is 1.12. The molecule has 19 heavy (non-hydrogen) atoms. The van der Waals surface area contributed by atoms with Crippen molar-refractivity contribution >= 4 is 16.8 Å². The zero-order valence-corrected chi connectivity index (χ0v) is 11.6. The number of hydrogen-bond acceptors (Lipinski definition) is 1. The maximum atomic E-state index is 12.5. The van der Waals surface area contributed by atoms with Gasteiger partial charge in [0.25, 0.3) is 5.91 Å². The lowest BCUT2D eigenvalue weighted by Gasteiger charge is -2.29. The Bertz CT molecular complexity index is 606. The Balaban J connectivity index is 1.87. The number of aromatic nitrogens is 1. The number of nitrogens with zero attached hydrogens (tertiary/aromatic N) is 1. The minimum Gasteiger partial charge on any atom is -0.350 e. The lowest BCUT2D eigenvalue weighted by Crippen LogP contribution is -2.38. The molecular weight excluding hydrogens is 236 g/mol. The van der Waals surface area contributed by atoms with Crippen molar-refractivity contribution in [2.45, 2.75) is 26.7 Å². The number of aryl methyl sites for hydroxylation is 1. The smallest absolute Gasteiger partial charge is 0.270 e. The van der Waals surface area contributed by atoms with E-state index in [2.05, 4.69) is 24.9 Å². The topological polar surface area (TPSA) is 36.1 Å². The lowest BCUT2D eigenvalue weighted by atomic mass is 9.99. The summed E-state index contributed by atoms with van der Waals surface area (Å²) in [5.74, 6) is 0.886. The maximum Gasteiger partial charge on any atom is 0.270 e. The first-order valence-corrected chi connectivity index (χ1v) is 7.03. The summed E-state index contributed by atoms with van der Waals surface area (Å²) in [6.07, 6.45) is 2.23. The molecule has 1 aliphatic heterocycles. The van der Waals surface area contributed by atoms with Crippen LogP contribution >= 0.6 is 0 Å². The van der Waals surface area contributed by atoms with Gasteiger partial charge >= 0.3 is 0 Å². The maximum absolute atomic E-state index is 12.5. The fraction of sp³-hybridized carbons (Fsp3) is 0.438. The van der Waals surface area contributed by atoms with E-state index in [1.165, 1.54) is 5.56 Å². The molecule has 0 radical (unpaired) electrons. The molecule has 2 aromatic rings. The third-order valence-corrected chi connectivity index (χ3v) is 4.17. The number of rotatable bonds is 1. The number of carbonyl (C=O) groups is 1. The van der Waals surface area contributed by atoms with Crippen molar-refractivity contribution in [1.82, 2.24) is 9.88 Å². The molecule has 1 saturated heterocycles. The molecule has 2 heterocycles. The van der Waals surface area contributed by atoms with E-state index >= 15 is 0 Å². The molecule has 3 rings (SSSR count). The Morgan fingerprint density at radius 1 is 1.32 bits per heavy atom. The van der Waals surface area contributed by atoms with Crippen LogP contribution in [0.5, 0.6) is 0 Å². The van der Waals surface area contributed by atoms with Crippen LogP contribution in [0.3, 0.4) is 0 Å². The van der Waals surface area contributed by atoms with Crippen molar-refractivity contribution in [3.63, 3.8) is 0 Å². The number of aromatic amines is 1. The second kappa shape index (κ2) is 4.72. The average molecular weight is 256 g/mol. The Kier molecular flexibility index (Phi) is 3.05. The summed E-state index contributed by atoms with van der Waals surface area (Å²) in [6, 6.07) is 8.12. The third-order valence-electron chi connectivity index (χ3n) is 4.17. The van der Waals surface area contributed by atoms with Gasteiger partial charge in [-0.3, -0.25) is 4.79 Å². The van der Waals surface area contributed by atoms with Gasteiger partial charge in [-0.05, 0) is 37.3 Å². The molecule has 1 aliphatic rings. The SMILES string of the molecule is Cc1cccc2cc(C(=O)N3CCC(C)CC3)[nH]c12. The number of benzene rings is 1. The highest BCUT2D eigenvalue weighted by Crippen LogP contribution is 2.22.